The normalized spacial score (nSPS) is 23.4. The van der Waals surface area contributed by atoms with Gasteiger partial charge in [0.1, 0.15) is 5.84 Å². The summed E-state index contributed by atoms with van der Waals surface area (Å²) in [5, 5.41) is 1.05. The average Bonchev–Trinajstić information content (AvgIpc) is 2.81. The first kappa shape index (κ1) is 16.4. The van der Waals surface area contributed by atoms with Crippen molar-refractivity contribution in [3.63, 3.8) is 0 Å². The van der Waals surface area contributed by atoms with E-state index in [0.29, 0.717) is 15.9 Å². The van der Waals surface area contributed by atoms with E-state index in [2.05, 4.69) is 9.98 Å². The van der Waals surface area contributed by atoms with Crippen LogP contribution in [0.25, 0.3) is 0 Å². The topological polar surface area (TPSA) is 76.8 Å². The lowest BCUT2D eigenvalue weighted by Gasteiger charge is -2.36. The van der Waals surface area contributed by atoms with Gasteiger partial charge in [0.2, 0.25) is 5.96 Å². The molecule has 2 aliphatic rings. The minimum atomic E-state index is -0.271. The average molecular weight is 348 g/mol. The Hall–Kier alpha value is -0.970. The van der Waals surface area contributed by atoms with Crippen molar-refractivity contribution in [3.8, 4) is 0 Å². The minimum Gasteiger partial charge on any atom is -0.386 e. The molecule has 1 heterocycles. The molecule has 0 bridgehead atoms. The van der Waals surface area contributed by atoms with Crippen LogP contribution in [-0.4, -0.2) is 17.3 Å². The molecular weight excluding hydrogens is 331 g/mol. The number of hydrogen-bond acceptors (Lipinski definition) is 4. The second kappa shape index (κ2) is 6.03. The van der Waals surface area contributed by atoms with Crippen LogP contribution in [-0.2, 0) is 0 Å². The van der Waals surface area contributed by atoms with Crippen LogP contribution >= 0.6 is 35.6 Å². The molecule has 3 rings (SSSR count). The van der Waals surface area contributed by atoms with Gasteiger partial charge < -0.3 is 11.5 Å². The molecule has 1 aromatic carbocycles. The summed E-state index contributed by atoms with van der Waals surface area (Å²) in [6.45, 7) is 0. The molecule has 1 aliphatic carbocycles. The Morgan fingerprint density at radius 3 is 2.38 bits per heavy atom. The van der Waals surface area contributed by atoms with Crippen molar-refractivity contribution >= 4 is 47.4 Å². The Morgan fingerprint density at radius 2 is 1.76 bits per heavy atom. The fraction of sp³-hybridized carbons (Fsp3) is 0.429. The van der Waals surface area contributed by atoms with Gasteiger partial charge in [0, 0.05) is 0 Å². The van der Waals surface area contributed by atoms with Gasteiger partial charge in [-0.25, -0.2) is 9.98 Å². The quantitative estimate of drug-likeness (QED) is 0.815. The van der Waals surface area contributed by atoms with Crippen molar-refractivity contribution in [1.29, 1.82) is 0 Å². The summed E-state index contributed by atoms with van der Waals surface area (Å²) in [6, 6.07) is 5.59. The minimum absolute atomic E-state index is 0. The van der Waals surface area contributed by atoms with Crippen molar-refractivity contribution in [2.45, 2.75) is 37.1 Å². The van der Waals surface area contributed by atoms with Crippen LogP contribution in [0.15, 0.2) is 28.2 Å². The maximum atomic E-state index is 6.16. The van der Waals surface area contributed by atoms with E-state index in [9.17, 15) is 0 Å². The van der Waals surface area contributed by atoms with Gasteiger partial charge in [-0.15, -0.1) is 12.4 Å². The molecule has 0 radical (unpaired) electrons. The number of nitrogens with zero attached hydrogens (tertiary/aromatic N) is 2. The van der Waals surface area contributed by atoms with Gasteiger partial charge in [-0.1, -0.05) is 42.1 Å². The molecular formula is C14H17Cl3N4. The first-order valence-corrected chi connectivity index (χ1v) is 7.42. The fourth-order valence-corrected chi connectivity index (χ4v) is 3.66. The molecule has 1 saturated carbocycles. The Morgan fingerprint density at radius 1 is 1.10 bits per heavy atom. The molecule has 4 nitrogen and oxygen atoms in total. The second-order valence-corrected chi connectivity index (χ2v) is 6.24. The summed E-state index contributed by atoms with van der Waals surface area (Å²) in [5.74, 6) is 0.713. The predicted octanol–water partition coefficient (Wildman–Crippen LogP) is 3.50. The van der Waals surface area contributed by atoms with Gasteiger partial charge in [-0.2, -0.15) is 0 Å². The first-order chi connectivity index (χ1) is 9.52. The van der Waals surface area contributed by atoms with Crippen LogP contribution in [0.5, 0.6) is 0 Å². The lowest BCUT2D eigenvalue weighted by Crippen LogP contribution is -2.45. The monoisotopic (exact) mass is 346 g/mol. The largest absolute Gasteiger partial charge is 0.386 e. The lowest BCUT2D eigenvalue weighted by molar-refractivity contribution is 0.407. The van der Waals surface area contributed by atoms with E-state index in [-0.39, 0.29) is 29.8 Å². The van der Waals surface area contributed by atoms with Crippen LogP contribution in [0.2, 0.25) is 10.0 Å². The zero-order chi connectivity index (χ0) is 14.3. The van der Waals surface area contributed by atoms with E-state index in [1.165, 1.54) is 0 Å². The number of benzene rings is 1. The highest BCUT2D eigenvalue weighted by Gasteiger charge is 2.46. The van der Waals surface area contributed by atoms with Crippen molar-refractivity contribution in [3.05, 3.63) is 33.8 Å². The fourth-order valence-electron chi connectivity index (χ4n) is 3.35. The van der Waals surface area contributed by atoms with Gasteiger partial charge in [0.25, 0.3) is 0 Å². The van der Waals surface area contributed by atoms with Crippen LogP contribution in [0.1, 0.15) is 37.2 Å². The van der Waals surface area contributed by atoms with Crippen molar-refractivity contribution in [1.82, 2.24) is 0 Å². The third-order valence-corrected chi connectivity index (χ3v) is 4.90. The Bertz CT molecular complexity index is 606. The van der Waals surface area contributed by atoms with Gasteiger partial charge in [0.15, 0.2) is 0 Å². The molecule has 1 aromatic rings. The Kier molecular flexibility index (Phi) is 4.71. The number of guanidine groups is 1. The summed E-state index contributed by atoms with van der Waals surface area (Å²) in [7, 11) is 0. The number of halogens is 3. The van der Waals surface area contributed by atoms with Gasteiger partial charge in [-0.05, 0) is 30.5 Å². The van der Waals surface area contributed by atoms with Gasteiger partial charge >= 0.3 is 0 Å². The maximum Gasteiger partial charge on any atom is 0.217 e. The standard InChI is InChI=1S/C14H16Cl2N4.ClH/c15-9-4-3-8(7-10(9)16)11-12(17)19-13(18)20-14(11)5-1-2-6-14;/h3-4,7,11H,1-2,5-6H2,(H4,17,18,19,20);1H. The van der Waals surface area contributed by atoms with E-state index in [4.69, 9.17) is 34.7 Å². The highest BCUT2D eigenvalue weighted by atomic mass is 35.5. The van der Waals surface area contributed by atoms with Gasteiger partial charge in [-0.3, -0.25) is 0 Å². The summed E-state index contributed by atoms with van der Waals surface area (Å²) in [6.07, 6.45) is 4.19. The third-order valence-electron chi connectivity index (χ3n) is 4.16. The first-order valence-electron chi connectivity index (χ1n) is 6.66. The zero-order valence-electron chi connectivity index (χ0n) is 11.4. The van der Waals surface area contributed by atoms with Crippen LogP contribution < -0.4 is 11.5 Å². The molecule has 0 aromatic heterocycles. The smallest absolute Gasteiger partial charge is 0.217 e. The molecule has 114 valence electrons. The Balaban J connectivity index is 0.00000161. The van der Waals surface area contributed by atoms with E-state index < -0.39 is 0 Å². The van der Waals surface area contributed by atoms with E-state index >= 15 is 0 Å². The molecule has 4 N–H and O–H groups in total. The number of amidine groups is 1. The summed E-state index contributed by atoms with van der Waals surface area (Å²) >= 11 is 12.1. The summed E-state index contributed by atoms with van der Waals surface area (Å²) in [4.78, 5) is 8.78. The molecule has 21 heavy (non-hydrogen) atoms. The number of hydrogen-bond donors (Lipinski definition) is 2. The molecule has 1 spiro atoms. The van der Waals surface area contributed by atoms with Crippen molar-refractivity contribution < 1.29 is 0 Å². The van der Waals surface area contributed by atoms with Crippen LogP contribution in [0.3, 0.4) is 0 Å². The molecule has 1 fully saturated rings. The maximum absolute atomic E-state index is 6.16. The highest BCUT2D eigenvalue weighted by Crippen LogP contribution is 2.46. The molecule has 0 saturated heterocycles. The molecule has 7 heteroatoms. The van der Waals surface area contributed by atoms with Crippen molar-refractivity contribution in [2.75, 3.05) is 0 Å². The Labute approximate surface area is 140 Å². The van der Waals surface area contributed by atoms with Gasteiger partial charge in [0.05, 0.1) is 21.5 Å². The molecule has 1 unspecified atom stereocenters. The summed E-state index contributed by atoms with van der Waals surface area (Å²) < 4.78 is 0. The number of aliphatic imine (C=N–C) groups is 2. The lowest BCUT2D eigenvalue weighted by atomic mass is 9.77. The van der Waals surface area contributed by atoms with E-state index in [1.807, 2.05) is 12.1 Å². The van der Waals surface area contributed by atoms with E-state index in [0.717, 1.165) is 31.2 Å². The predicted molar refractivity (Wildman–Crippen MR) is 90.9 cm³/mol. The number of rotatable bonds is 1. The van der Waals surface area contributed by atoms with Crippen LogP contribution in [0.4, 0.5) is 0 Å². The molecule has 1 atom stereocenters. The molecule has 1 aliphatic heterocycles. The van der Waals surface area contributed by atoms with E-state index in [1.54, 1.807) is 6.07 Å². The third kappa shape index (κ3) is 2.85. The second-order valence-electron chi connectivity index (χ2n) is 5.42. The van der Waals surface area contributed by atoms with Crippen LogP contribution in [0, 0.1) is 0 Å². The summed E-state index contributed by atoms with van der Waals surface area (Å²) in [5.41, 5.74) is 12.7. The SMILES string of the molecule is Cl.NC1=NC2(CCCC2)C(c2ccc(Cl)c(Cl)c2)C(N)=N1. The van der Waals surface area contributed by atoms with Crippen molar-refractivity contribution in [2.24, 2.45) is 21.5 Å². The highest BCUT2D eigenvalue weighted by molar-refractivity contribution is 6.42. The zero-order valence-corrected chi connectivity index (χ0v) is 13.7. The number of nitrogens with two attached hydrogens (primary N) is 2. The molecule has 0 amide bonds.